The van der Waals surface area contributed by atoms with Gasteiger partial charge in [-0.25, -0.2) is 4.98 Å². The van der Waals surface area contributed by atoms with E-state index in [-0.39, 0.29) is 11.7 Å². The Morgan fingerprint density at radius 1 is 1.33 bits per heavy atom. The summed E-state index contributed by atoms with van der Waals surface area (Å²) in [6.07, 6.45) is 4.01. The molecule has 1 aromatic carbocycles. The third kappa shape index (κ3) is 3.40. The standard InChI is InChI=1S/C22H21ClN4O3/c1-29-15-6-4-13-9-17(22(28)25-18(13)10-15)20-21(24-11-16-3-2-8-30-16)27-12-14(23)5-7-19(27)26-20/h4-7,9-10,12,16,24H,2-3,8,11H2,1H3,(H,25,28)/t16-/m1/s1. The number of hydrogen-bond donors (Lipinski definition) is 2. The number of halogens is 1. The Morgan fingerprint density at radius 3 is 3.03 bits per heavy atom. The van der Waals surface area contributed by atoms with Crippen LogP contribution in [0.25, 0.3) is 27.8 Å². The van der Waals surface area contributed by atoms with Crippen molar-refractivity contribution in [1.29, 1.82) is 0 Å². The maximum absolute atomic E-state index is 13.0. The molecule has 0 bridgehead atoms. The fraction of sp³-hybridized carbons (Fsp3) is 0.273. The zero-order valence-corrected chi connectivity index (χ0v) is 17.2. The lowest BCUT2D eigenvalue weighted by molar-refractivity contribution is 0.120. The van der Waals surface area contributed by atoms with Crippen molar-refractivity contribution in [3.05, 3.63) is 58.0 Å². The highest BCUT2D eigenvalue weighted by atomic mass is 35.5. The van der Waals surface area contributed by atoms with E-state index in [1.807, 2.05) is 28.7 Å². The molecule has 5 rings (SSSR count). The van der Waals surface area contributed by atoms with Crippen LogP contribution in [-0.2, 0) is 4.74 Å². The number of pyridine rings is 2. The maximum Gasteiger partial charge on any atom is 0.258 e. The van der Waals surface area contributed by atoms with E-state index in [0.717, 1.165) is 30.7 Å². The van der Waals surface area contributed by atoms with Gasteiger partial charge in [0.1, 0.15) is 22.9 Å². The molecule has 4 heterocycles. The number of methoxy groups -OCH3 is 1. The van der Waals surface area contributed by atoms with E-state index in [4.69, 9.17) is 26.1 Å². The van der Waals surface area contributed by atoms with E-state index in [0.29, 0.717) is 39.7 Å². The van der Waals surface area contributed by atoms with Gasteiger partial charge in [-0.05, 0) is 48.6 Å². The fourth-order valence-electron chi connectivity index (χ4n) is 3.87. The number of nitrogens with one attached hydrogen (secondary N) is 2. The molecule has 1 fully saturated rings. The molecule has 0 aliphatic carbocycles. The van der Waals surface area contributed by atoms with Gasteiger partial charge in [-0.2, -0.15) is 0 Å². The number of benzene rings is 1. The average molecular weight is 425 g/mol. The lowest BCUT2D eigenvalue weighted by Gasteiger charge is -2.13. The van der Waals surface area contributed by atoms with E-state index in [1.54, 1.807) is 25.4 Å². The number of rotatable bonds is 5. The van der Waals surface area contributed by atoms with E-state index in [2.05, 4.69) is 10.3 Å². The minimum Gasteiger partial charge on any atom is -0.497 e. The smallest absolute Gasteiger partial charge is 0.258 e. The normalized spacial score (nSPS) is 16.4. The van der Waals surface area contributed by atoms with Crippen molar-refractivity contribution < 1.29 is 9.47 Å². The van der Waals surface area contributed by atoms with Crippen molar-refractivity contribution in [3.63, 3.8) is 0 Å². The Balaban J connectivity index is 1.64. The zero-order chi connectivity index (χ0) is 20.7. The largest absolute Gasteiger partial charge is 0.497 e. The number of fused-ring (bicyclic) bond motifs is 2. The summed E-state index contributed by atoms with van der Waals surface area (Å²) in [6, 6.07) is 11.1. The fourth-order valence-corrected chi connectivity index (χ4v) is 4.03. The lowest BCUT2D eigenvalue weighted by Crippen LogP contribution is -2.20. The van der Waals surface area contributed by atoms with E-state index >= 15 is 0 Å². The van der Waals surface area contributed by atoms with Crippen molar-refractivity contribution >= 4 is 34.0 Å². The SMILES string of the molecule is COc1ccc2cc(-c3nc4ccc(Cl)cn4c3NC[C@H]3CCCO3)c(=O)[nH]c2c1. The number of H-pyrrole nitrogens is 1. The minimum absolute atomic E-state index is 0.143. The molecule has 2 N–H and O–H groups in total. The van der Waals surface area contributed by atoms with E-state index < -0.39 is 0 Å². The predicted molar refractivity (Wildman–Crippen MR) is 118 cm³/mol. The lowest BCUT2D eigenvalue weighted by atomic mass is 10.1. The number of imidazole rings is 1. The summed E-state index contributed by atoms with van der Waals surface area (Å²) in [6.45, 7) is 1.42. The van der Waals surface area contributed by atoms with Gasteiger partial charge in [-0.1, -0.05) is 11.6 Å². The molecule has 1 saturated heterocycles. The second-order valence-corrected chi connectivity index (χ2v) is 7.80. The predicted octanol–water partition coefficient (Wildman–Crippen LogP) is 4.10. The van der Waals surface area contributed by atoms with Crippen LogP contribution < -0.4 is 15.6 Å². The first kappa shape index (κ1) is 19.0. The highest BCUT2D eigenvalue weighted by molar-refractivity contribution is 6.30. The Bertz CT molecular complexity index is 1290. The van der Waals surface area contributed by atoms with E-state index in [9.17, 15) is 4.79 Å². The maximum atomic E-state index is 13.0. The van der Waals surface area contributed by atoms with Crippen LogP contribution in [0, 0.1) is 0 Å². The number of aromatic nitrogens is 3. The van der Waals surface area contributed by atoms with Crippen LogP contribution in [0.4, 0.5) is 5.82 Å². The van der Waals surface area contributed by atoms with Crippen LogP contribution in [0.5, 0.6) is 5.75 Å². The highest BCUT2D eigenvalue weighted by Crippen LogP contribution is 2.30. The van der Waals surface area contributed by atoms with Crippen molar-refractivity contribution in [2.45, 2.75) is 18.9 Å². The first-order valence-electron chi connectivity index (χ1n) is 9.87. The molecule has 7 nitrogen and oxygen atoms in total. The molecule has 1 aliphatic rings. The quantitative estimate of drug-likeness (QED) is 0.504. The van der Waals surface area contributed by atoms with Crippen molar-refractivity contribution in [2.24, 2.45) is 0 Å². The highest BCUT2D eigenvalue weighted by Gasteiger charge is 2.21. The minimum atomic E-state index is -0.217. The number of anilines is 1. The third-order valence-corrected chi connectivity index (χ3v) is 5.64. The van der Waals surface area contributed by atoms with Gasteiger partial charge in [0.2, 0.25) is 0 Å². The number of ether oxygens (including phenoxy) is 2. The van der Waals surface area contributed by atoms with Gasteiger partial charge >= 0.3 is 0 Å². The van der Waals surface area contributed by atoms with Gasteiger partial charge in [0.05, 0.1) is 29.3 Å². The number of hydrogen-bond acceptors (Lipinski definition) is 5. The first-order valence-corrected chi connectivity index (χ1v) is 10.2. The summed E-state index contributed by atoms with van der Waals surface area (Å²) in [5, 5.41) is 4.92. The summed E-state index contributed by atoms with van der Waals surface area (Å²) < 4.78 is 12.9. The second kappa shape index (κ2) is 7.66. The second-order valence-electron chi connectivity index (χ2n) is 7.37. The summed E-state index contributed by atoms with van der Waals surface area (Å²) in [4.78, 5) is 20.6. The first-order chi connectivity index (χ1) is 14.6. The summed E-state index contributed by atoms with van der Waals surface area (Å²) in [5.41, 5.74) is 2.27. The van der Waals surface area contributed by atoms with Gasteiger partial charge < -0.3 is 19.8 Å². The molecule has 0 unspecified atom stereocenters. The van der Waals surface area contributed by atoms with Crippen LogP contribution >= 0.6 is 11.6 Å². The number of aromatic amines is 1. The molecule has 154 valence electrons. The molecule has 4 aromatic rings. The molecule has 3 aromatic heterocycles. The van der Waals surface area contributed by atoms with Gasteiger partial charge in [0, 0.05) is 25.4 Å². The molecular formula is C22H21ClN4O3. The molecule has 1 aliphatic heterocycles. The van der Waals surface area contributed by atoms with Crippen molar-refractivity contribution in [3.8, 4) is 17.0 Å². The molecule has 0 amide bonds. The van der Waals surface area contributed by atoms with Gasteiger partial charge in [-0.15, -0.1) is 0 Å². The summed E-state index contributed by atoms with van der Waals surface area (Å²) in [7, 11) is 1.60. The van der Waals surface area contributed by atoms with Crippen LogP contribution in [0.1, 0.15) is 12.8 Å². The van der Waals surface area contributed by atoms with Crippen LogP contribution in [-0.4, -0.2) is 40.7 Å². The average Bonchev–Trinajstić information content (AvgIpc) is 3.38. The molecular weight excluding hydrogens is 404 g/mol. The zero-order valence-electron chi connectivity index (χ0n) is 16.4. The molecule has 8 heteroatoms. The van der Waals surface area contributed by atoms with Crippen LogP contribution in [0.2, 0.25) is 5.02 Å². The number of nitrogens with zero attached hydrogens (tertiary/aromatic N) is 2. The van der Waals surface area contributed by atoms with Crippen LogP contribution in [0.15, 0.2) is 47.4 Å². The van der Waals surface area contributed by atoms with Gasteiger partial charge in [0.25, 0.3) is 5.56 Å². The summed E-state index contributed by atoms with van der Waals surface area (Å²) >= 11 is 6.23. The molecule has 0 saturated carbocycles. The molecule has 30 heavy (non-hydrogen) atoms. The topological polar surface area (TPSA) is 80.7 Å². The van der Waals surface area contributed by atoms with Crippen LogP contribution in [0.3, 0.4) is 0 Å². The molecule has 0 spiro atoms. The summed E-state index contributed by atoms with van der Waals surface area (Å²) in [5.74, 6) is 1.41. The Kier molecular flexibility index (Phi) is 4.84. The van der Waals surface area contributed by atoms with Crippen molar-refractivity contribution in [1.82, 2.24) is 14.4 Å². The molecule has 0 radical (unpaired) electrons. The Labute approximate surface area is 177 Å². The van der Waals surface area contributed by atoms with E-state index in [1.165, 1.54) is 0 Å². The third-order valence-electron chi connectivity index (χ3n) is 5.41. The Hall–Kier alpha value is -3.03. The molecule has 1 atom stereocenters. The monoisotopic (exact) mass is 424 g/mol. The Morgan fingerprint density at radius 2 is 2.23 bits per heavy atom. The van der Waals surface area contributed by atoms with Gasteiger partial charge in [0.15, 0.2) is 0 Å². The van der Waals surface area contributed by atoms with Gasteiger partial charge in [-0.3, -0.25) is 9.20 Å². The van der Waals surface area contributed by atoms with Crippen molar-refractivity contribution in [2.75, 3.05) is 25.6 Å².